The summed E-state index contributed by atoms with van der Waals surface area (Å²) in [5.41, 5.74) is 6.19. The first kappa shape index (κ1) is 19.0. The molecule has 0 saturated carbocycles. The van der Waals surface area contributed by atoms with Crippen LogP contribution in [0.3, 0.4) is 0 Å². The number of rotatable bonds is 5. The summed E-state index contributed by atoms with van der Waals surface area (Å²) in [5, 5.41) is 9.27. The minimum atomic E-state index is -0.137. The molecule has 2 aliphatic rings. The molecule has 6 heteroatoms. The number of H-pyrrole nitrogens is 1. The standard InChI is InChI=1S/C24H27N5O/c1-3-28(4-2)24(30)18-10-20-19-6-5-7-21-23(19)17(13-25-21)11-22(20)29(15-18)14-16-8-9-26-27-12-16/h5-10,12-13,18,22,25H,3-4,11,14-15H2,1-2H3/t18-,22-/m1/s1. The highest BCUT2D eigenvalue weighted by atomic mass is 16.2. The molecule has 0 spiro atoms. The van der Waals surface area contributed by atoms with E-state index in [9.17, 15) is 4.79 Å². The lowest BCUT2D eigenvalue weighted by Crippen LogP contribution is -2.49. The van der Waals surface area contributed by atoms with E-state index in [1.54, 1.807) is 6.20 Å². The summed E-state index contributed by atoms with van der Waals surface area (Å²) in [6, 6.07) is 8.71. The van der Waals surface area contributed by atoms with Gasteiger partial charge in [0, 0.05) is 55.5 Å². The summed E-state index contributed by atoms with van der Waals surface area (Å²) < 4.78 is 0. The summed E-state index contributed by atoms with van der Waals surface area (Å²) >= 11 is 0. The third-order valence-electron chi connectivity index (χ3n) is 6.55. The zero-order valence-electron chi connectivity index (χ0n) is 17.5. The van der Waals surface area contributed by atoms with Crippen LogP contribution in [0.25, 0.3) is 16.5 Å². The zero-order valence-corrected chi connectivity index (χ0v) is 17.5. The molecular weight excluding hydrogens is 374 g/mol. The molecule has 154 valence electrons. The average Bonchev–Trinajstić information content (AvgIpc) is 3.20. The van der Waals surface area contributed by atoms with Gasteiger partial charge in [-0.1, -0.05) is 18.2 Å². The van der Waals surface area contributed by atoms with Crippen LogP contribution in [0, 0.1) is 5.92 Å². The third-order valence-corrected chi connectivity index (χ3v) is 6.55. The quantitative estimate of drug-likeness (QED) is 0.713. The van der Waals surface area contributed by atoms with Gasteiger partial charge in [0.15, 0.2) is 0 Å². The number of fused-ring (bicyclic) bond motifs is 2. The molecule has 0 fully saturated rings. The van der Waals surface area contributed by atoms with Crippen LogP contribution < -0.4 is 0 Å². The van der Waals surface area contributed by atoms with Gasteiger partial charge in [-0.25, -0.2) is 0 Å². The highest BCUT2D eigenvalue weighted by Gasteiger charge is 2.38. The summed E-state index contributed by atoms with van der Waals surface area (Å²) in [6.45, 7) is 7.06. The summed E-state index contributed by atoms with van der Waals surface area (Å²) in [4.78, 5) is 21.1. The molecule has 2 atom stereocenters. The Morgan fingerprint density at radius 1 is 1.23 bits per heavy atom. The number of carbonyl (C=O) groups excluding carboxylic acids is 1. The Hall–Kier alpha value is -2.99. The Labute approximate surface area is 176 Å². The van der Waals surface area contributed by atoms with E-state index < -0.39 is 0 Å². The minimum Gasteiger partial charge on any atom is -0.361 e. The first-order valence-corrected chi connectivity index (χ1v) is 10.8. The number of aromatic amines is 1. The molecule has 1 aliphatic heterocycles. The monoisotopic (exact) mass is 401 g/mol. The van der Waals surface area contributed by atoms with E-state index in [2.05, 4.69) is 50.6 Å². The fourth-order valence-corrected chi connectivity index (χ4v) is 5.07. The molecule has 1 amide bonds. The second kappa shape index (κ2) is 7.69. The highest BCUT2D eigenvalue weighted by molar-refractivity contribution is 5.99. The fraction of sp³-hybridized carbons (Fsp3) is 0.375. The van der Waals surface area contributed by atoms with Crippen LogP contribution in [0.1, 0.15) is 30.5 Å². The van der Waals surface area contributed by atoms with E-state index in [1.165, 1.54) is 27.6 Å². The Bertz CT molecular complexity index is 1100. The summed E-state index contributed by atoms with van der Waals surface area (Å²) in [7, 11) is 0. The lowest BCUT2D eigenvalue weighted by molar-refractivity contribution is -0.134. The van der Waals surface area contributed by atoms with Gasteiger partial charge in [-0.2, -0.15) is 10.2 Å². The lowest BCUT2D eigenvalue weighted by atomic mass is 9.79. The maximum absolute atomic E-state index is 13.3. The van der Waals surface area contributed by atoms with Crippen LogP contribution in [-0.4, -0.2) is 56.6 Å². The van der Waals surface area contributed by atoms with Crippen molar-refractivity contribution in [1.29, 1.82) is 0 Å². The van der Waals surface area contributed by atoms with Crippen molar-refractivity contribution in [2.24, 2.45) is 5.92 Å². The van der Waals surface area contributed by atoms with Gasteiger partial charge in [-0.3, -0.25) is 9.69 Å². The number of amides is 1. The molecule has 1 N–H and O–H groups in total. The fourth-order valence-electron chi connectivity index (χ4n) is 5.07. The van der Waals surface area contributed by atoms with Crippen molar-refractivity contribution >= 4 is 22.4 Å². The highest BCUT2D eigenvalue weighted by Crippen LogP contribution is 2.41. The van der Waals surface area contributed by atoms with Crippen LogP contribution in [0.4, 0.5) is 0 Å². The lowest BCUT2D eigenvalue weighted by Gasteiger charge is -2.42. The molecule has 0 bridgehead atoms. The van der Waals surface area contributed by atoms with Gasteiger partial charge in [-0.05, 0) is 54.7 Å². The molecule has 5 rings (SSSR count). The normalized spacial score (nSPS) is 20.7. The average molecular weight is 402 g/mol. The number of hydrogen-bond acceptors (Lipinski definition) is 4. The van der Waals surface area contributed by atoms with Gasteiger partial charge >= 0.3 is 0 Å². The van der Waals surface area contributed by atoms with Crippen molar-refractivity contribution in [3.05, 3.63) is 65.6 Å². The van der Waals surface area contributed by atoms with Crippen molar-refractivity contribution < 1.29 is 4.79 Å². The van der Waals surface area contributed by atoms with Gasteiger partial charge in [0.1, 0.15) is 0 Å². The Kier molecular flexibility index (Phi) is 4.87. The Morgan fingerprint density at radius 2 is 2.10 bits per heavy atom. The van der Waals surface area contributed by atoms with Crippen molar-refractivity contribution in [3.8, 4) is 0 Å². The topological polar surface area (TPSA) is 65.1 Å². The minimum absolute atomic E-state index is 0.137. The summed E-state index contributed by atoms with van der Waals surface area (Å²) in [5.74, 6) is 0.0811. The van der Waals surface area contributed by atoms with Crippen molar-refractivity contribution in [1.82, 2.24) is 25.0 Å². The predicted octanol–water partition coefficient (Wildman–Crippen LogP) is 3.27. The maximum atomic E-state index is 13.3. The zero-order chi connectivity index (χ0) is 20.7. The van der Waals surface area contributed by atoms with E-state index in [-0.39, 0.29) is 17.9 Å². The number of hydrogen-bond donors (Lipinski definition) is 1. The van der Waals surface area contributed by atoms with E-state index in [1.807, 2.05) is 31.0 Å². The van der Waals surface area contributed by atoms with E-state index in [0.717, 1.165) is 38.2 Å². The van der Waals surface area contributed by atoms with Crippen molar-refractivity contribution in [2.75, 3.05) is 19.6 Å². The van der Waals surface area contributed by atoms with Gasteiger partial charge in [0.25, 0.3) is 0 Å². The van der Waals surface area contributed by atoms with Crippen LogP contribution in [0.5, 0.6) is 0 Å². The van der Waals surface area contributed by atoms with Gasteiger partial charge in [-0.15, -0.1) is 0 Å². The number of nitrogens with zero attached hydrogens (tertiary/aromatic N) is 4. The van der Waals surface area contributed by atoms with Crippen LogP contribution in [0.2, 0.25) is 0 Å². The maximum Gasteiger partial charge on any atom is 0.230 e. The number of nitrogens with one attached hydrogen (secondary N) is 1. The molecule has 30 heavy (non-hydrogen) atoms. The third kappa shape index (κ3) is 3.12. The molecular formula is C24H27N5O. The van der Waals surface area contributed by atoms with E-state index >= 15 is 0 Å². The predicted molar refractivity (Wildman–Crippen MR) is 118 cm³/mol. The van der Waals surface area contributed by atoms with Gasteiger partial charge in [0.05, 0.1) is 12.1 Å². The largest absolute Gasteiger partial charge is 0.361 e. The molecule has 1 aromatic carbocycles. The van der Waals surface area contributed by atoms with Crippen LogP contribution >= 0.6 is 0 Å². The smallest absolute Gasteiger partial charge is 0.230 e. The molecule has 6 nitrogen and oxygen atoms in total. The molecule has 1 aliphatic carbocycles. The molecule has 2 aromatic heterocycles. The molecule has 0 radical (unpaired) electrons. The van der Waals surface area contributed by atoms with E-state index in [4.69, 9.17) is 0 Å². The number of aromatic nitrogens is 3. The molecule has 3 aromatic rings. The molecule has 3 heterocycles. The van der Waals surface area contributed by atoms with Crippen molar-refractivity contribution in [3.63, 3.8) is 0 Å². The second-order valence-corrected chi connectivity index (χ2v) is 8.18. The molecule has 0 saturated heterocycles. The Balaban J connectivity index is 1.58. The first-order chi connectivity index (χ1) is 14.7. The van der Waals surface area contributed by atoms with Crippen LogP contribution in [0.15, 0.2) is 48.9 Å². The SMILES string of the molecule is CCN(CC)C(=O)[C@@H]1C=C2c3cccc4[nH]cc(c34)C[C@H]2N(Cc2ccnnc2)C1. The van der Waals surface area contributed by atoms with Crippen LogP contribution in [-0.2, 0) is 17.8 Å². The second-order valence-electron chi connectivity index (χ2n) is 8.18. The molecule has 0 unspecified atom stereocenters. The number of benzene rings is 1. The van der Waals surface area contributed by atoms with Crippen molar-refractivity contribution in [2.45, 2.75) is 32.9 Å². The Morgan fingerprint density at radius 3 is 2.87 bits per heavy atom. The summed E-state index contributed by atoms with van der Waals surface area (Å²) in [6.07, 6.45) is 8.90. The number of carbonyl (C=O) groups is 1. The van der Waals surface area contributed by atoms with Gasteiger partial charge in [0.2, 0.25) is 5.91 Å². The first-order valence-electron chi connectivity index (χ1n) is 10.8. The van der Waals surface area contributed by atoms with E-state index in [0.29, 0.717) is 0 Å². The van der Waals surface area contributed by atoms with Gasteiger partial charge < -0.3 is 9.88 Å².